The van der Waals surface area contributed by atoms with E-state index in [-0.39, 0.29) is 5.82 Å². The van der Waals surface area contributed by atoms with Gasteiger partial charge in [0.15, 0.2) is 11.5 Å². The number of nitrogens with zero attached hydrogens (tertiary/aromatic N) is 1. The third-order valence-corrected chi connectivity index (χ3v) is 4.24. The van der Waals surface area contributed by atoms with Crippen LogP contribution in [0.1, 0.15) is 11.1 Å². The average Bonchev–Trinajstić information content (AvgIpc) is 2.58. The monoisotopic (exact) mass is 410 g/mol. The zero-order chi connectivity index (χ0) is 18.2. The molecule has 2 aromatic carbocycles. The van der Waals surface area contributed by atoms with Crippen LogP contribution in [0.3, 0.4) is 0 Å². The third-order valence-electron chi connectivity index (χ3n) is 3.65. The normalized spacial score (nSPS) is 11.0. The molecule has 0 bridgehead atoms. The van der Waals surface area contributed by atoms with E-state index in [1.54, 1.807) is 19.2 Å². The van der Waals surface area contributed by atoms with Gasteiger partial charge in [0.1, 0.15) is 12.4 Å². The summed E-state index contributed by atoms with van der Waals surface area (Å²) in [6.45, 7) is 2.99. The summed E-state index contributed by atoms with van der Waals surface area (Å²) in [5.74, 6) is 1.05. The summed E-state index contributed by atoms with van der Waals surface area (Å²) >= 11 is 3.56. The van der Waals surface area contributed by atoms with Crippen LogP contribution in [-0.4, -0.2) is 39.2 Å². The maximum absolute atomic E-state index is 13.0. The van der Waals surface area contributed by atoms with Gasteiger partial charge < -0.3 is 19.7 Å². The maximum atomic E-state index is 13.0. The van der Waals surface area contributed by atoms with Gasteiger partial charge in [-0.1, -0.05) is 12.1 Å². The van der Waals surface area contributed by atoms with E-state index in [2.05, 4.69) is 40.2 Å². The molecule has 25 heavy (non-hydrogen) atoms. The molecule has 0 fully saturated rings. The molecule has 4 nitrogen and oxygen atoms in total. The number of nitrogens with one attached hydrogen (secondary N) is 1. The molecule has 0 heterocycles. The van der Waals surface area contributed by atoms with E-state index in [0.717, 1.165) is 35.2 Å². The summed E-state index contributed by atoms with van der Waals surface area (Å²) in [5, 5.41) is 3.40. The molecule has 0 aromatic heterocycles. The molecule has 2 rings (SSSR count). The Morgan fingerprint density at radius 2 is 1.84 bits per heavy atom. The highest BCUT2D eigenvalue weighted by Crippen LogP contribution is 2.37. The third kappa shape index (κ3) is 6.30. The van der Waals surface area contributed by atoms with Crippen LogP contribution in [0.2, 0.25) is 0 Å². The van der Waals surface area contributed by atoms with Crippen molar-refractivity contribution >= 4 is 15.9 Å². The van der Waals surface area contributed by atoms with Gasteiger partial charge in [0.05, 0.1) is 11.6 Å². The number of methoxy groups -OCH3 is 1. The zero-order valence-electron chi connectivity index (χ0n) is 14.8. The Kier molecular flexibility index (Phi) is 7.68. The van der Waals surface area contributed by atoms with E-state index in [1.807, 2.05) is 12.1 Å². The molecule has 0 amide bonds. The van der Waals surface area contributed by atoms with E-state index < -0.39 is 0 Å². The molecule has 0 saturated carbocycles. The van der Waals surface area contributed by atoms with Gasteiger partial charge in [0.2, 0.25) is 0 Å². The summed E-state index contributed by atoms with van der Waals surface area (Å²) in [4.78, 5) is 2.13. The number of ether oxygens (including phenoxy) is 2. The minimum Gasteiger partial charge on any atom is -0.493 e. The molecule has 0 saturated heterocycles. The fraction of sp³-hybridized carbons (Fsp3) is 0.368. The standard InChI is InChI=1S/C19H24BrFN2O2/c1-23(2)9-8-22-12-15-10-17(20)19(18(11-15)24-3)25-13-14-4-6-16(21)7-5-14/h4-7,10-11,22H,8-9,12-13H2,1-3H3. The van der Waals surface area contributed by atoms with E-state index in [9.17, 15) is 4.39 Å². The van der Waals surface area contributed by atoms with Gasteiger partial charge in [0.25, 0.3) is 0 Å². The molecule has 136 valence electrons. The minimum atomic E-state index is -0.256. The first-order chi connectivity index (χ1) is 12.0. The van der Waals surface area contributed by atoms with Crippen molar-refractivity contribution in [1.29, 1.82) is 0 Å². The minimum absolute atomic E-state index is 0.256. The highest BCUT2D eigenvalue weighted by molar-refractivity contribution is 9.10. The first-order valence-electron chi connectivity index (χ1n) is 8.08. The molecule has 0 aliphatic carbocycles. The summed E-state index contributed by atoms with van der Waals surface area (Å²) in [7, 11) is 5.72. The summed E-state index contributed by atoms with van der Waals surface area (Å²) in [6, 6.07) is 10.2. The number of hydrogen-bond donors (Lipinski definition) is 1. The highest BCUT2D eigenvalue weighted by Gasteiger charge is 2.12. The van der Waals surface area contributed by atoms with Gasteiger partial charge in [-0.15, -0.1) is 0 Å². The van der Waals surface area contributed by atoms with Crippen molar-refractivity contribution in [3.05, 3.63) is 57.8 Å². The van der Waals surface area contributed by atoms with E-state index in [4.69, 9.17) is 9.47 Å². The number of hydrogen-bond acceptors (Lipinski definition) is 4. The second kappa shape index (κ2) is 9.75. The van der Waals surface area contributed by atoms with Gasteiger partial charge in [-0.05, 0) is 65.4 Å². The second-order valence-electron chi connectivity index (χ2n) is 6.00. The van der Waals surface area contributed by atoms with Crippen LogP contribution in [0.25, 0.3) is 0 Å². The van der Waals surface area contributed by atoms with Crippen molar-refractivity contribution in [1.82, 2.24) is 10.2 Å². The molecular formula is C19H24BrFN2O2. The molecule has 0 radical (unpaired) electrons. The number of benzene rings is 2. The number of rotatable bonds is 9. The molecule has 1 N–H and O–H groups in total. The lowest BCUT2D eigenvalue weighted by Gasteiger charge is -2.15. The van der Waals surface area contributed by atoms with Gasteiger partial charge in [-0.25, -0.2) is 4.39 Å². The molecule has 6 heteroatoms. The fourth-order valence-electron chi connectivity index (χ4n) is 2.29. The Bertz CT molecular complexity index is 678. The molecule has 0 unspecified atom stereocenters. The van der Waals surface area contributed by atoms with Gasteiger partial charge in [-0.2, -0.15) is 0 Å². The van der Waals surface area contributed by atoms with Crippen LogP contribution in [0.15, 0.2) is 40.9 Å². The van der Waals surface area contributed by atoms with Crippen molar-refractivity contribution in [2.45, 2.75) is 13.2 Å². The van der Waals surface area contributed by atoms with Crippen LogP contribution in [0.5, 0.6) is 11.5 Å². The van der Waals surface area contributed by atoms with E-state index in [0.29, 0.717) is 18.1 Å². The Labute approximate surface area is 157 Å². The molecule has 0 aliphatic heterocycles. The SMILES string of the molecule is COc1cc(CNCCN(C)C)cc(Br)c1OCc1ccc(F)cc1. The lowest BCUT2D eigenvalue weighted by atomic mass is 10.2. The van der Waals surface area contributed by atoms with Crippen molar-refractivity contribution in [3.8, 4) is 11.5 Å². The van der Waals surface area contributed by atoms with Crippen molar-refractivity contribution in [2.24, 2.45) is 0 Å². The predicted molar refractivity (Wildman–Crippen MR) is 102 cm³/mol. The van der Waals surface area contributed by atoms with Crippen LogP contribution in [0, 0.1) is 5.82 Å². The number of halogens is 2. The highest BCUT2D eigenvalue weighted by atomic mass is 79.9. The van der Waals surface area contributed by atoms with Crippen LogP contribution in [0.4, 0.5) is 4.39 Å². The smallest absolute Gasteiger partial charge is 0.175 e. The second-order valence-corrected chi connectivity index (χ2v) is 6.86. The largest absolute Gasteiger partial charge is 0.493 e. The van der Waals surface area contributed by atoms with Crippen LogP contribution < -0.4 is 14.8 Å². The predicted octanol–water partition coefficient (Wildman–Crippen LogP) is 3.83. The zero-order valence-corrected chi connectivity index (χ0v) is 16.4. The first kappa shape index (κ1) is 19.7. The Morgan fingerprint density at radius 3 is 2.48 bits per heavy atom. The quantitative estimate of drug-likeness (QED) is 0.636. The Hall–Kier alpha value is -1.63. The lowest BCUT2D eigenvalue weighted by molar-refractivity contribution is 0.282. The summed E-state index contributed by atoms with van der Waals surface area (Å²) < 4.78 is 25.1. The molecule has 0 spiro atoms. The van der Waals surface area contributed by atoms with Crippen molar-refractivity contribution in [2.75, 3.05) is 34.3 Å². The van der Waals surface area contributed by atoms with Crippen LogP contribution in [-0.2, 0) is 13.2 Å². The summed E-state index contributed by atoms with van der Waals surface area (Å²) in [5.41, 5.74) is 2.00. The fourth-order valence-corrected chi connectivity index (χ4v) is 2.89. The number of likely N-dealkylation sites (N-methyl/N-ethyl adjacent to an activating group) is 1. The lowest BCUT2D eigenvalue weighted by Crippen LogP contribution is -2.26. The van der Waals surface area contributed by atoms with E-state index >= 15 is 0 Å². The molecular weight excluding hydrogens is 387 g/mol. The topological polar surface area (TPSA) is 33.7 Å². The van der Waals surface area contributed by atoms with Crippen LogP contribution >= 0.6 is 15.9 Å². The van der Waals surface area contributed by atoms with Gasteiger partial charge in [-0.3, -0.25) is 0 Å². The Balaban J connectivity index is 2.01. The van der Waals surface area contributed by atoms with Crippen molar-refractivity contribution < 1.29 is 13.9 Å². The average molecular weight is 411 g/mol. The molecule has 0 aliphatic rings. The molecule has 0 atom stereocenters. The summed E-state index contributed by atoms with van der Waals surface area (Å²) in [6.07, 6.45) is 0. The maximum Gasteiger partial charge on any atom is 0.175 e. The molecule has 2 aromatic rings. The van der Waals surface area contributed by atoms with E-state index in [1.165, 1.54) is 12.1 Å². The Morgan fingerprint density at radius 1 is 1.12 bits per heavy atom. The van der Waals surface area contributed by atoms with Gasteiger partial charge in [0, 0.05) is 19.6 Å². The van der Waals surface area contributed by atoms with Gasteiger partial charge >= 0.3 is 0 Å². The first-order valence-corrected chi connectivity index (χ1v) is 8.88. The van der Waals surface area contributed by atoms with Crippen molar-refractivity contribution in [3.63, 3.8) is 0 Å².